The van der Waals surface area contributed by atoms with Gasteiger partial charge in [0.05, 0.1) is 12.8 Å². The Balaban J connectivity index is 2.00. The van der Waals surface area contributed by atoms with E-state index in [0.29, 0.717) is 0 Å². The molecule has 0 saturated carbocycles. The maximum atomic E-state index is 12.3. The second-order valence-electron chi connectivity index (χ2n) is 7.08. The second-order valence-corrected chi connectivity index (χ2v) is 7.08. The number of anilines is 1. The summed E-state index contributed by atoms with van der Waals surface area (Å²) < 4.78 is 11.0. The summed E-state index contributed by atoms with van der Waals surface area (Å²) in [4.78, 5) is 60.6. The highest BCUT2D eigenvalue weighted by molar-refractivity contribution is 5.93. The Labute approximate surface area is 184 Å². The van der Waals surface area contributed by atoms with E-state index in [0.717, 1.165) is 16.8 Å². The van der Waals surface area contributed by atoms with Crippen molar-refractivity contribution in [2.45, 2.75) is 49.5 Å². The van der Waals surface area contributed by atoms with Gasteiger partial charge in [0.1, 0.15) is 42.8 Å². The number of aliphatic carboxylic acids is 2. The van der Waals surface area contributed by atoms with Crippen LogP contribution in [0.5, 0.6) is 0 Å². The first-order valence-corrected chi connectivity index (χ1v) is 9.43. The van der Waals surface area contributed by atoms with Crippen LogP contribution in [0.4, 0.5) is 5.82 Å². The van der Waals surface area contributed by atoms with Gasteiger partial charge < -0.3 is 46.7 Å². The Morgan fingerprint density at radius 3 is 2.30 bits per heavy atom. The fraction of sp³-hybridized carbons (Fsp3) is 0.529. The van der Waals surface area contributed by atoms with E-state index in [1.54, 1.807) is 0 Å². The predicted octanol–water partition coefficient (Wildman–Crippen LogP) is -4.05. The van der Waals surface area contributed by atoms with Crippen LogP contribution in [0.1, 0.15) is 19.1 Å². The fourth-order valence-corrected chi connectivity index (χ4v) is 2.75. The van der Waals surface area contributed by atoms with Crippen molar-refractivity contribution < 1.29 is 49.1 Å². The number of nitrogens with one attached hydrogen (secondary N) is 1. The molecule has 9 N–H and O–H groups in total. The van der Waals surface area contributed by atoms with Crippen molar-refractivity contribution in [3.63, 3.8) is 0 Å². The van der Waals surface area contributed by atoms with Crippen LogP contribution in [0.3, 0.4) is 0 Å². The van der Waals surface area contributed by atoms with Crippen molar-refractivity contribution in [3.05, 3.63) is 22.7 Å². The lowest BCUT2D eigenvalue weighted by Gasteiger charge is -2.17. The Morgan fingerprint density at radius 2 is 1.73 bits per heavy atom. The summed E-state index contributed by atoms with van der Waals surface area (Å²) >= 11 is 0. The van der Waals surface area contributed by atoms with Gasteiger partial charge in [-0.1, -0.05) is 0 Å². The number of carbonyl (C=O) groups excluding carboxylic acids is 2. The van der Waals surface area contributed by atoms with Crippen LogP contribution in [0, 0.1) is 0 Å². The monoisotopic (exact) mass is 473 g/mol. The number of rotatable bonds is 10. The Bertz CT molecular complexity index is 967. The van der Waals surface area contributed by atoms with Crippen LogP contribution in [-0.4, -0.2) is 90.8 Å². The van der Waals surface area contributed by atoms with Gasteiger partial charge in [-0.25, -0.2) is 4.79 Å². The molecule has 1 aromatic heterocycles. The highest BCUT2D eigenvalue weighted by atomic mass is 16.6. The van der Waals surface area contributed by atoms with Crippen LogP contribution in [0.25, 0.3) is 0 Å². The summed E-state index contributed by atoms with van der Waals surface area (Å²) in [7, 11) is 0. The molecule has 2 unspecified atom stereocenters. The molecule has 6 atom stereocenters. The van der Waals surface area contributed by atoms with E-state index in [4.69, 9.17) is 31.2 Å². The normalized spacial score (nSPS) is 24.0. The topological polar surface area (TPSA) is 267 Å². The number of aliphatic hydroxyl groups excluding tert-OH is 2. The van der Waals surface area contributed by atoms with Crippen molar-refractivity contribution >= 4 is 29.6 Å². The van der Waals surface area contributed by atoms with Gasteiger partial charge in [0.2, 0.25) is 5.91 Å². The van der Waals surface area contributed by atoms with Crippen LogP contribution >= 0.6 is 0 Å². The average molecular weight is 473 g/mol. The SMILES string of the molecule is N[C@@H](CC(=O)Nc1ccn([C@@H]2O[C@H](COC(=O)C[C@H](N)C(=O)O)C(O)C2O)c(=O)n1)C(=O)O. The third-order valence-electron chi connectivity index (χ3n) is 4.54. The summed E-state index contributed by atoms with van der Waals surface area (Å²) in [6.07, 6.45) is -5.95. The Hall–Kier alpha value is -3.44. The number of aliphatic hydroxyl groups is 2. The minimum atomic E-state index is -1.62. The van der Waals surface area contributed by atoms with E-state index in [2.05, 4.69) is 10.3 Å². The third-order valence-corrected chi connectivity index (χ3v) is 4.54. The quantitative estimate of drug-likeness (QED) is 0.159. The molecule has 0 spiro atoms. The van der Waals surface area contributed by atoms with Gasteiger partial charge in [0.15, 0.2) is 6.23 Å². The second kappa shape index (κ2) is 10.9. The fourth-order valence-electron chi connectivity index (χ4n) is 2.75. The molecule has 1 aliphatic heterocycles. The van der Waals surface area contributed by atoms with E-state index in [9.17, 15) is 34.2 Å². The van der Waals surface area contributed by atoms with E-state index in [-0.39, 0.29) is 5.82 Å². The van der Waals surface area contributed by atoms with Crippen molar-refractivity contribution in [1.82, 2.24) is 9.55 Å². The summed E-state index contributed by atoms with van der Waals surface area (Å²) in [5, 5.41) is 39.9. The number of nitrogens with zero attached hydrogens (tertiary/aromatic N) is 2. The number of hydrogen-bond acceptors (Lipinski definition) is 12. The summed E-state index contributed by atoms with van der Waals surface area (Å²) in [6.45, 7) is -0.556. The first-order valence-electron chi connectivity index (χ1n) is 9.43. The number of carboxylic acid groups (broad SMARTS) is 2. The number of esters is 1. The molecule has 1 aromatic rings. The highest BCUT2D eigenvalue weighted by Crippen LogP contribution is 2.28. The van der Waals surface area contributed by atoms with Crippen molar-refractivity contribution in [2.24, 2.45) is 11.5 Å². The van der Waals surface area contributed by atoms with E-state index < -0.39 is 85.6 Å². The van der Waals surface area contributed by atoms with Crippen molar-refractivity contribution in [3.8, 4) is 0 Å². The summed E-state index contributed by atoms with van der Waals surface area (Å²) in [5.74, 6) is -4.78. The maximum absolute atomic E-state index is 12.3. The van der Waals surface area contributed by atoms with Gasteiger partial charge in [0, 0.05) is 6.20 Å². The number of carbonyl (C=O) groups is 4. The first-order chi connectivity index (χ1) is 15.4. The number of hydrogen-bond donors (Lipinski definition) is 7. The molecule has 0 radical (unpaired) electrons. The molecule has 2 heterocycles. The Morgan fingerprint density at radius 1 is 1.12 bits per heavy atom. The molecule has 1 amide bonds. The van der Waals surface area contributed by atoms with Crippen molar-refractivity contribution in [1.29, 1.82) is 0 Å². The number of ether oxygens (including phenoxy) is 2. The summed E-state index contributed by atoms with van der Waals surface area (Å²) in [6, 6.07) is -1.76. The molecular weight excluding hydrogens is 450 g/mol. The molecule has 1 fully saturated rings. The third kappa shape index (κ3) is 6.77. The lowest BCUT2D eigenvalue weighted by Crippen LogP contribution is -2.37. The minimum Gasteiger partial charge on any atom is -0.480 e. The molecule has 33 heavy (non-hydrogen) atoms. The first kappa shape index (κ1) is 25.8. The zero-order valence-electron chi connectivity index (χ0n) is 16.9. The molecule has 1 saturated heterocycles. The average Bonchev–Trinajstić information content (AvgIpc) is 3.00. The lowest BCUT2D eigenvalue weighted by atomic mass is 10.1. The van der Waals surface area contributed by atoms with Gasteiger partial charge in [-0.05, 0) is 6.07 Å². The number of nitrogens with two attached hydrogens (primary N) is 2. The molecule has 1 aliphatic rings. The molecule has 0 aromatic carbocycles. The molecule has 0 aliphatic carbocycles. The molecule has 182 valence electrons. The highest BCUT2D eigenvalue weighted by Gasteiger charge is 2.44. The molecule has 16 nitrogen and oxygen atoms in total. The smallest absolute Gasteiger partial charge is 0.351 e. The van der Waals surface area contributed by atoms with Gasteiger partial charge in [-0.15, -0.1) is 0 Å². The van der Waals surface area contributed by atoms with E-state index >= 15 is 0 Å². The predicted molar refractivity (Wildman–Crippen MR) is 104 cm³/mol. The molecule has 16 heteroatoms. The van der Waals surface area contributed by atoms with E-state index in [1.165, 1.54) is 0 Å². The summed E-state index contributed by atoms with van der Waals surface area (Å²) in [5.41, 5.74) is 9.48. The molecule has 0 bridgehead atoms. The number of aromatic nitrogens is 2. The van der Waals surface area contributed by atoms with Crippen LogP contribution in [0.2, 0.25) is 0 Å². The van der Waals surface area contributed by atoms with Gasteiger partial charge in [-0.2, -0.15) is 4.98 Å². The van der Waals surface area contributed by atoms with Crippen LogP contribution in [0.15, 0.2) is 17.1 Å². The zero-order valence-corrected chi connectivity index (χ0v) is 16.9. The number of carboxylic acids is 2. The van der Waals surface area contributed by atoms with Crippen LogP contribution in [-0.2, 0) is 28.7 Å². The van der Waals surface area contributed by atoms with Gasteiger partial charge in [-0.3, -0.25) is 23.7 Å². The molecule has 2 rings (SSSR count). The van der Waals surface area contributed by atoms with Gasteiger partial charge >= 0.3 is 23.6 Å². The number of amides is 1. The largest absolute Gasteiger partial charge is 0.480 e. The lowest BCUT2D eigenvalue weighted by molar-refractivity contribution is -0.153. The maximum Gasteiger partial charge on any atom is 0.351 e. The standard InChI is InChI=1S/C17H23N5O11/c18-6(15(27)28)3-10(23)20-9-1-2-22(17(31)21-9)14-13(26)12(25)8(33-14)5-32-11(24)4-7(19)16(29)30/h1-2,6-8,12-14,25-26H,3-5,18-19H2,(H,27,28)(H,29,30)(H,20,21,23,31)/t6-,7-,8+,12?,13?,14+/m0/s1. The minimum absolute atomic E-state index is 0.216. The van der Waals surface area contributed by atoms with Crippen LogP contribution < -0.4 is 22.5 Å². The van der Waals surface area contributed by atoms with E-state index in [1.807, 2.05) is 0 Å². The molecular formula is C17H23N5O11. The van der Waals surface area contributed by atoms with Gasteiger partial charge in [0.25, 0.3) is 0 Å². The zero-order chi connectivity index (χ0) is 24.9. The Kier molecular flexibility index (Phi) is 8.55. The van der Waals surface area contributed by atoms with Crippen molar-refractivity contribution in [2.75, 3.05) is 11.9 Å².